The lowest BCUT2D eigenvalue weighted by Gasteiger charge is -2.17. The summed E-state index contributed by atoms with van der Waals surface area (Å²) < 4.78 is 14.9. The van der Waals surface area contributed by atoms with Crippen molar-refractivity contribution in [1.82, 2.24) is 25.1 Å². The summed E-state index contributed by atoms with van der Waals surface area (Å²) in [7, 11) is 0. The first-order valence-corrected chi connectivity index (χ1v) is 11.7. The zero-order valence-corrected chi connectivity index (χ0v) is 19.9. The van der Waals surface area contributed by atoms with Gasteiger partial charge in [-0.15, -0.1) is 0 Å². The highest BCUT2D eigenvalue weighted by Gasteiger charge is 2.37. The first-order valence-electron chi connectivity index (χ1n) is 11.7. The molecule has 8 nitrogen and oxygen atoms in total. The van der Waals surface area contributed by atoms with Gasteiger partial charge in [0.25, 0.3) is 11.8 Å². The molecule has 9 heteroatoms. The van der Waals surface area contributed by atoms with Gasteiger partial charge in [-0.05, 0) is 67.4 Å². The number of amides is 2. The lowest BCUT2D eigenvalue weighted by atomic mass is 9.98. The van der Waals surface area contributed by atoms with Crippen molar-refractivity contribution < 1.29 is 14.0 Å². The Morgan fingerprint density at radius 1 is 1.08 bits per heavy atom. The molecule has 2 aromatic heterocycles. The van der Waals surface area contributed by atoms with Crippen LogP contribution in [0.5, 0.6) is 0 Å². The van der Waals surface area contributed by atoms with Gasteiger partial charge in [-0.1, -0.05) is 18.2 Å². The van der Waals surface area contributed by atoms with Crippen LogP contribution in [0.3, 0.4) is 0 Å². The second kappa shape index (κ2) is 9.69. The van der Waals surface area contributed by atoms with E-state index in [1.54, 1.807) is 70.6 Å². The van der Waals surface area contributed by atoms with E-state index in [1.807, 2.05) is 13.8 Å². The number of rotatable bonds is 6. The maximum absolute atomic E-state index is 13.3. The molecule has 4 aromatic rings. The third kappa shape index (κ3) is 4.59. The summed E-state index contributed by atoms with van der Waals surface area (Å²) in [6.45, 7) is 4.64. The fourth-order valence-corrected chi connectivity index (χ4v) is 4.22. The van der Waals surface area contributed by atoms with Crippen LogP contribution in [-0.2, 0) is 6.54 Å². The molecular weight excluding hydrogens is 459 g/mol. The van der Waals surface area contributed by atoms with Gasteiger partial charge in [0.2, 0.25) is 0 Å². The van der Waals surface area contributed by atoms with E-state index in [1.165, 1.54) is 12.1 Å². The Morgan fingerprint density at radius 3 is 2.58 bits per heavy atom. The Kier molecular flexibility index (Phi) is 6.28. The average molecular weight is 485 g/mol. The van der Waals surface area contributed by atoms with Crippen molar-refractivity contribution in [2.75, 3.05) is 11.4 Å². The summed E-state index contributed by atoms with van der Waals surface area (Å²) in [5.74, 6) is -0.525. The number of aromatic nitrogens is 4. The van der Waals surface area contributed by atoms with Crippen molar-refractivity contribution in [3.05, 3.63) is 107 Å². The van der Waals surface area contributed by atoms with Gasteiger partial charge in [-0.25, -0.2) is 9.37 Å². The summed E-state index contributed by atoms with van der Waals surface area (Å²) in [4.78, 5) is 36.6. The number of nitrogens with zero attached hydrogens (tertiary/aromatic N) is 5. The zero-order chi connectivity index (χ0) is 25.2. The van der Waals surface area contributed by atoms with Gasteiger partial charge in [0, 0.05) is 36.6 Å². The van der Waals surface area contributed by atoms with E-state index in [4.69, 9.17) is 0 Å². The third-order valence-electron chi connectivity index (χ3n) is 6.18. The fourth-order valence-electron chi connectivity index (χ4n) is 4.22. The Bertz CT molecular complexity index is 1400. The number of hydrogen-bond acceptors (Lipinski definition) is 5. The number of carbonyl (C=O) groups is 2. The molecule has 0 saturated heterocycles. The Hall–Kier alpha value is -4.40. The predicted molar refractivity (Wildman–Crippen MR) is 132 cm³/mol. The molecule has 1 N–H and O–H groups in total. The quantitative estimate of drug-likeness (QED) is 0.445. The van der Waals surface area contributed by atoms with Crippen molar-refractivity contribution in [2.24, 2.45) is 0 Å². The number of carbonyl (C=O) groups excluding carboxylic acids is 2. The molecule has 0 aliphatic carbocycles. The lowest BCUT2D eigenvalue weighted by molar-refractivity contribution is 0.0949. The predicted octanol–water partition coefficient (Wildman–Crippen LogP) is 4.12. The maximum atomic E-state index is 13.3. The molecule has 5 rings (SSSR count). The summed E-state index contributed by atoms with van der Waals surface area (Å²) >= 11 is 0. The highest BCUT2D eigenvalue weighted by atomic mass is 19.1. The topological polar surface area (TPSA) is 93.0 Å². The number of benzene rings is 2. The van der Waals surface area contributed by atoms with E-state index < -0.39 is 0 Å². The van der Waals surface area contributed by atoms with Crippen LogP contribution in [0, 0.1) is 5.82 Å². The number of hydrogen-bond donors (Lipinski definition) is 1. The van der Waals surface area contributed by atoms with E-state index in [0.29, 0.717) is 29.3 Å². The Morgan fingerprint density at radius 2 is 1.89 bits per heavy atom. The molecule has 0 fully saturated rings. The van der Waals surface area contributed by atoms with Gasteiger partial charge in [0.05, 0.1) is 5.92 Å². The van der Waals surface area contributed by atoms with E-state index in [-0.39, 0.29) is 36.1 Å². The van der Waals surface area contributed by atoms with Gasteiger partial charge in [-0.2, -0.15) is 5.10 Å². The molecule has 3 heterocycles. The molecule has 2 aromatic carbocycles. The van der Waals surface area contributed by atoms with Gasteiger partial charge in [0.1, 0.15) is 17.8 Å². The second-order valence-electron chi connectivity index (χ2n) is 8.94. The first kappa shape index (κ1) is 23.3. The van der Waals surface area contributed by atoms with Crippen molar-refractivity contribution in [2.45, 2.75) is 32.4 Å². The first-order chi connectivity index (χ1) is 17.4. The normalized spacial score (nSPS) is 14.7. The van der Waals surface area contributed by atoms with Gasteiger partial charge in [0.15, 0.2) is 5.82 Å². The van der Waals surface area contributed by atoms with Gasteiger partial charge < -0.3 is 10.2 Å². The van der Waals surface area contributed by atoms with Crippen LogP contribution >= 0.6 is 0 Å². The maximum Gasteiger partial charge on any atom is 0.276 e. The highest BCUT2D eigenvalue weighted by molar-refractivity contribution is 6.07. The van der Waals surface area contributed by atoms with Crippen LogP contribution in [0.25, 0.3) is 0 Å². The SMILES string of the molecule is CC(C)n1cnc(C2CN(C(=O)c3ccccn3)c3ccc(C(=O)NCc4ccc(F)cc4)cc32)n1. The summed E-state index contributed by atoms with van der Waals surface area (Å²) in [6, 6.07) is 16.6. The summed E-state index contributed by atoms with van der Waals surface area (Å²) in [6.07, 6.45) is 3.27. The van der Waals surface area contributed by atoms with Crippen LogP contribution in [0.4, 0.5) is 10.1 Å². The monoisotopic (exact) mass is 484 g/mol. The minimum Gasteiger partial charge on any atom is -0.348 e. The van der Waals surface area contributed by atoms with Crippen LogP contribution in [0.2, 0.25) is 0 Å². The standard InChI is InChI=1S/C27H25FN6O2/c1-17(2)34-16-31-25(32-34)22-15-33(27(36)23-5-3-4-12-29-23)24-11-8-19(13-21(22)24)26(35)30-14-18-6-9-20(28)10-7-18/h3-13,16-17,22H,14-15H2,1-2H3,(H,30,35). The molecule has 2 amide bonds. The molecule has 1 aliphatic heterocycles. The number of nitrogens with one attached hydrogen (secondary N) is 1. The van der Waals surface area contributed by atoms with Crippen LogP contribution in [0.15, 0.2) is 73.2 Å². The Labute approximate surface area is 207 Å². The van der Waals surface area contributed by atoms with Crippen molar-refractivity contribution in [1.29, 1.82) is 0 Å². The average Bonchev–Trinajstić information content (AvgIpc) is 3.53. The van der Waals surface area contributed by atoms with Crippen LogP contribution in [0.1, 0.15) is 63.6 Å². The molecule has 0 spiro atoms. The number of halogens is 1. The third-order valence-corrected chi connectivity index (χ3v) is 6.18. The minimum absolute atomic E-state index is 0.141. The molecule has 1 unspecified atom stereocenters. The summed E-state index contributed by atoms with van der Waals surface area (Å²) in [5.41, 5.74) is 3.09. The second-order valence-corrected chi connectivity index (χ2v) is 8.94. The number of pyridine rings is 1. The zero-order valence-electron chi connectivity index (χ0n) is 19.9. The van der Waals surface area contributed by atoms with Crippen molar-refractivity contribution >= 4 is 17.5 Å². The van der Waals surface area contributed by atoms with Crippen molar-refractivity contribution in [3.8, 4) is 0 Å². The molecule has 0 radical (unpaired) electrons. The Balaban J connectivity index is 1.45. The van der Waals surface area contributed by atoms with Crippen LogP contribution < -0.4 is 10.2 Å². The number of fused-ring (bicyclic) bond motifs is 1. The molecule has 1 atom stereocenters. The molecule has 0 bridgehead atoms. The molecule has 182 valence electrons. The van der Waals surface area contributed by atoms with E-state index in [0.717, 1.165) is 11.1 Å². The molecule has 1 aliphatic rings. The smallest absolute Gasteiger partial charge is 0.276 e. The highest BCUT2D eigenvalue weighted by Crippen LogP contribution is 2.40. The van der Waals surface area contributed by atoms with Gasteiger partial charge in [-0.3, -0.25) is 19.3 Å². The van der Waals surface area contributed by atoms with Crippen molar-refractivity contribution in [3.63, 3.8) is 0 Å². The van der Waals surface area contributed by atoms with E-state index in [9.17, 15) is 14.0 Å². The molecular formula is C27H25FN6O2. The fraction of sp³-hybridized carbons (Fsp3) is 0.222. The minimum atomic E-state index is -0.326. The van der Waals surface area contributed by atoms with Crippen LogP contribution in [-0.4, -0.2) is 38.1 Å². The molecule has 36 heavy (non-hydrogen) atoms. The van der Waals surface area contributed by atoms with Gasteiger partial charge >= 0.3 is 0 Å². The van der Waals surface area contributed by atoms with E-state index in [2.05, 4.69) is 20.4 Å². The molecule has 0 saturated carbocycles. The number of anilines is 1. The summed E-state index contributed by atoms with van der Waals surface area (Å²) in [5, 5.41) is 7.51. The lowest BCUT2D eigenvalue weighted by Crippen LogP contribution is -2.30. The van der Waals surface area contributed by atoms with E-state index >= 15 is 0 Å². The largest absolute Gasteiger partial charge is 0.348 e.